The number of nitrogens with two attached hydrogens (primary N) is 1. The highest BCUT2D eigenvalue weighted by Crippen LogP contribution is 2.36. The van der Waals surface area contributed by atoms with E-state index in [0.29, 0.717) is 12.0 Å². The fraction of sp³-hybridized carbons (Fsp3) is 0.647. The Bertz CT molecular complexity index is 387. The topological polar surface area (TPSA) is 35.2 Å². The molecular weight excluding hydrogens is 234 g/mol. The van der Waals surface area contributed by atoms with Crippen LogP contribution >= 0.6 is 0 Å². The maximum absolute atomic E-state index is 5.71. The van der Waals surface area contributed by atoms with E-state index in [0.717, 1.165) is 12.2 Å². The van der Waals surface area contributed by atoms with Crippen LogP contribution in [0, 0.1) is 5.41 Å². The van der Waals surface area contributed by atoms with Gasteiger partial charge in [-0.2, -0.15) is 0 Å². The molecule has 1 rings (SSSR count). The van der Waals surface area contributed by atoms with E-state index in [2.05, 4.69) is 46.8 Å². The van der Waals surface area contributed by atoms with Gasteiger partial charge < -0.3 is 10.5 Å². The summed E-state index contributed by atoms with van der Waals surface area (Å²) in [6, 6.07) is 8.44. The van der Waals surface area contributed by atoms with Gasteiger partial charge in [-0.1, -0.05) is 46.8 Å². The van der Waals surface area contributed by atoms with Crippen LogP contribution in [0.1, 0.15) is 53.5 Å². The lowest BCUT2D eigenvalue weighted by Crippen LogP contribution is -2.25. The Morgan fingerprint density at radius 3 is 2.00 bits per heavy atom. The maximum Gasteiger partial charge on any atom is 0.119 e. The summed E-state index contributed by atoms with van der Waals surface area (Å²) in [5.41, 5.74) is 7.42. The van der Waals surface area contributed by atoms with Gasteiger partial charge in [-0.05, 0) is 41.9 Å². The maximum atomic E-state index is 5.71. The van der Waals surface area contributed by atoms with Gasteiger partial charge in [0.2, 0.25) is 0 Å². The fourth-order valence-corrected chi connectivity index (χ4v) is 2.69. The van der Waals surface area contributed by atoms with E-state index in [9.17, 15) is 0 Å². The Morgan fingerprint density at radius 1 is 1.05 bits per heavy atom. The van der Waals surface area contributed by atoms with Crippen molar-refractivity contribution in [2.45, 2.75) is 59.5 Å². The molecule has 2 heteroatoms. The lowest BCUT2D eigenvalue weighted by molar-refractivity contribution is 0.229. The molecule has 1 atom stereocenters. The third-order valence-electron chi connectivity index (χ3n) is 3.28. The third-order valence-corrected chi connectivity index (χ3v) is 3.28. The zero-order chi connectivity index (χ0) is 14.7. The van der Waals surface area contributed by atoms with Crippen LogP contribution in [0.4, 0.5) is 0 Å². The minimum Gasteiger partial charge on any atom is -0.489 e. The number of ether oxygens (including phenoxy) is 1. The van der Waals surface area contributed by atoms with E-state index in [1.165, 1.54) is 5.56 Å². The standard InChI is InChI=1S/C17H29NO/c1-13(11-18)19-15-9-7-14(8-10-15)17(5,6)12-16(2,3)4/h7-10,13H,11-12,18H2,1-6H3. The van der Waals surface area contributed by atoms with Crippen molar-refractivity contribution in [1.82, 2.24) is 0 Å². The summed E-state index contributed by atoms with van der Waals surface area (Å²) in [7, 11) is 0. The molecule has 2 nitrogen and oxygen atoms in total. The van der Waals surface area contributed by atoms with E-state index >= 15 is 0 Å². The van der Waals surface area contributed by atoms with Crippen LogP contribution in [0.3, 0.4) is 0 Å². The molecule has 0 saturated carbocycles. The van der Waals surface area contributed by atoms with Crippen molar-refractivity contribution in [2.24, 2.45) is 11.1 Å². The molecule has 2 N–H and O–H groups in total. The lowest BCUT2D eigenvalue weighted by atomic mass is 9.72. The molecule has 1 aromatic rings. The first kappa shape index (κ1) is 16.0. The summed E-state index contributed by atoms with van der Waals surface area (Å²) in [6.07, 6.45) is 1.22. The Balaban J connectivity index is 2.80. The second-order valence-corrected chi connectivity index (χ2v) is 7.31. The van der Waals surface area contributed by atoms with Gasteiger partial charge in [0.05, 0.1) is 0 Å². The predicted octanol–water partition coefficient (Wildman–Crippen LogP) is 4.13. The summed E-state index contributed by atoms with van der Waals surface area (Å²) >= 11 is 0. The first-order valence-electron chi connectivity index (χ1n) is 7.11. The molecule has 0 heterocycles. The second kappa shape index (κ2) is 5.96. The molecule has 0 amide bonds. The molecular formula is C17H29NO. The second-order valence-electron chi connectivity index (χ2n) is 7.31. The fourth-order valence-electron chi connectivity index (χ4n) is 2.69. The van der Waals surface area contributed by atoms with E-state index in [1.807, 2.05) is 19.1 Å². The van der Waals surface area contributed by atoms with Gasteiger partial charge in [0, 0.05) is 6.54 Å². The number of hydrogen-bond acceptors (Lipinski definition) is 2. The van der Waals surface area contributed by atoms with Crippen LogP contribution in [0.5, 0.6) is 5.75 Å². The highest BCUT2D eigenvalue weighted by molar-refractivity contribution is 5.32. The van der Waals surface area contributed by atoms with Crippen molar-refractivity contribution in [3.05, 3.63) is 29.8 Å². The molecule has 108 valence electrons. The largest absolute Gasteiger partial charge is 0.489 e. The van der Waals surface area contributed by atoms with Crippen molar-refractivity contribution >= 4 is 0 Å². The smallest absolute Gasteiger partial charge is 0.119 e. The molecule has 0 radical (unpaired) electrons. The molecule has 1 unspecified atom stereocenters. The zero-order valence-electron chi connectivity index (χ0n) is 13.3. The third kappa shape index (κ3) is 5.23. The Labute approximate surface area is 118 Å². The average Bonchev–Trinajstić information content (AvgIpc) is 2.26. The van der Waals surface area contributed by atoms with E-state index < -0.39 is 0 Å². The first-order valence-corrected chi connectivity index (χ1v) is 7.11. The molecule has 1 aromatic carbocycles. The average molecular weight is 263 g/mol. The summed E-state index contributed by atoms with van der Waals surface area (Å²) < 4.78 is 5.71. The Morgan fingerprint density at radius 2 is 1.58 bits per heavy atom. The van der Waals surface area contributed by atoms with E-state index in [1.54, 1.807) is 0 Å². The SMILES string of the molecule is CC(CN)Oc1ccc(C(C)(C)CC(C)(C)C)cc1. The summed E-state index contributed by atoms with van der Waals surface area (Å²) in [6.45, 7) is 14.0. The van der Waals surface area contributed by atoms with E-state index in [-0.39, 0.29) is 11.5 Å². The molecule has 19 heavy (non-hydrogen) atoms. The summed E-state index contributed by atoms with van der Waals surface area (Å²) in [5, 5.41) is 0. The molecule has 0 bridgehead atoms. The van der Waals surface area contributed by atoms with Crippen molar-refractivity contribution in [2.75, 3.05) is 6.54 Å². The summed E-state index contributed by atoms with van der Waals surface area (Å²) in [4.78, 5) is 0. The van der Waals surface area contributed by atoms with Gasteiger partial charge in [0.1, 0.15) is 11.9 Å². The van der Waals surface area contributed by atoms with Crippen LogP contribution in [0.15, 0.2) is 24.3 Å². The van der Waals surface area contributed by atoms with Crippen LogP contribution < -0.4 is 10.5 Å². The molecule has 0 spiro atoms. The van der Waals surface area contributed by atoms with Crippen LogP contribution in [-0.4, -0.2) is 12.6 Å². The van der Waals surface area contributed by atoms with Gasteiger partial charge in [-0.15, -0.1) is 0 Å². The normalized spacial score (nSPS) is 14.3. The number of rotatable bonds is 5. The van der Waals surface area contributed by atoms with Crippen LogP contribution in [0.2, 0.25) is 0 Å². The molecule has 0 aromatic heterocycles. The van der Waals surface area contributed by atoms with Gasteiger partial charge in [0.25, 0.3) is 0 Å². The van der Waals surface area contributed by atoms with Crippen molar-refractivity contribution in [3.63, 3.8) is 0 Å². The molecule has 0 saturated heterocycles. The molecule has 0 aliphatic rings. The quantitative estimate of drug-likeness (QED) is 0.867. The summed E-state index contributed by atoms with van der Waals surface area (Å²) in [5.74, 6) is 0.897. The predicted molar refractivity (Wildman–Crippen MR) is 82.7 cm³/mol. The highest BCUT2D eigenvalue weighted by atomic mass is 16.5. The first-order chi connectivity index (χ1) is 8.64. The van der Waals surface area contributed by atoms with Gasteiger partial charge in [-0.3, -0.25) is 0 Å². The Hall–Kier alpha value is -1.02. The minimum atomic E-state index is 0.0634. The minimum absolute atomic E-state index is 0.0634. The number of hydrogen-bond donors (Lipinski definition) is 1. The van der Waals surface area contributed by atoms with Gasteiger partial charge >= 0.3 is 0 Å². The molecule has 0 fully saturated rings. The monoisotopic (exact) mass is 263 g/mol. The van der Waals surface area contributed by atoms with Gasteiger partial charge in [0.15, 0.2) is 0 Å². The molecule has 0 aliphatic heterocycles. The van der Waals surface area contributed by atoms with Gasteiger partial charge in [-0.25, -0.2) is 0 Å². The highest BCUT2D eigenvalue weighted by Gasteiger charge is 2.27. The zero-order valence-corrected chi connectivity index (χ0v) is 13.3. The molecule has 0 aliphatic carbocycles. The van der Waals surface area contributed by atoms with Crippen molar-refractivity contribution in [3.8, 4) is 5.75 Å². The van der Waals surface area contributed by atoms with Crippen LogP contribution in [-0.2, 0) is 5.41 Å². The van der Waals surface area contributed by atoms with Crippen molar-refractivity contribution in [1.29, 1.82) is 0 Å². The number of benzene rings is 1. The van der Waals surface area contributed by atoms with E-state index in [4.69, 9.17) is 10.5 Å². The Kier molecular flexibility index (Phi) is 5.03. The van der Waals surface area contributed by atoms with Crippen LogP contribution in [0.25, 0.3) is 0 Å². The lowest BCUT2D eigenvalue weighted by Gasteiger charge is -2.33. The van der Waals surface area contributed by atoms with Crippen molar-refractivity contribution < 1.29 is 4.74 Å².